The van der Waals surface area contributed by atoms with Gasteiger partial charge in [0.2, 0.25) is 0 Å². The van der Waals surface area contributed by atoms with Gasteiger partial charge in [0, 0.05) is 31.9 Å². The van der Waals surface area contributed by atoms with Crippen LogP contribution in [0.15, 0.2) is 18.2 Å². The number of aromatic nitrogens is 2. The first-order valence-corrected chi connectivity index (χ1v) is 11.4. The molecule has 1 saturated heterocycles. The molecule has 0 atom stereocenters. The molecule has 0 aliphatic carbocycles. The van der Waals surface area contributed by atoms with Gasteiger partial charge in [-0.2, -0.15) is 5.10 Å². The molecular weight excluding hydrogens is 426 g/mol. The largest absolute Gasteiger partial charge is 0.504 e. The number of carbonyl (C=O) groups excluding carboxylic acids is 2. The highest BCUT2D eigenvalue weighted by molar-refractivity contribution is 5.95. The van der Waals surface area contributed by atoms with E-state index in [1.807, 2.05) is 6.92 Å². The Hall–Kier alpha value is -3.07. The summed E-state index contributed by atoms with van der Waals surface area (Å²) < 4.78 is 17.7. The number of hydrogen-bond donors (Lipinski definition) is 2. The zero-order chi connectivity index (χ0) is 23.4. The number of ether oxygens (including phenoxy) is 3. The number of fused-ring (bicyclic) bond motifs is 1. The molecular formula is C24H31N3O6. The summed E-state index contributed by atoms with van der Waals surface area (Å²) in [5.74, 6) is -0.392. The van der Waals surface area contributed by atoms with Gasteiger partial charge in [0.1, 0.15) is 5.69 Å². The van der Waals surface area contributed by atoms with Gasteiger partial charge in [0.15, 0.2) is 11.5 Å². The van der Waals surface area contributed by atoms with Gasteiger partial charge in [-0.05, 0) is 62.6 Å². The number of aromatic hydroxyl groups is 1. The van der Waals surface area contributed by atoms with Crippen LogP contribution in [0.2, 0.25) is 0 Å². The van der Waals surface area contributed by atoms with Crippen LogP contribution in [0.25, 0.3) is 0 Å². The number of benzene rings is 1. The number of rotatable bonds is 7. The molecule has 2 N–H and O–H groups in total. The second-order valence-electron chi connectivity index (χ2n) is 8.69. The summed E-state index contributed by atoms with van der Waals surface area (Å²) in [6.45, 7) is 4.87. The topological polar surface area (TPSA) is 112 Å². The predicted molar refractivity (Wildman–Crippen MR) is 120 cm³/mol. The summed E-state index contributed by atoms with van der Waals surface area (Å²) in [6.07, 6.45) is 3.81. The van der Waals surface area contributed by atoms with Gasteiger partial charge in [-0.15, -0.1) is 0 Å². The number of aryl methyl sites for hydroxylation is 2. The quantitative estimate of drug-likeness (QED) is 0.485. The number of esters is 1. The second-order valence-corrected chi connectivity index (χ2v) is 8.69. The predicted octanol–water partition coefficient (Wildman–Crippen LogP) is 2.49. The Bertz CT molecular complexity index is 1030. The van der Waals surface area contributed by atoms with Gasteiger partial charge >= 0.3 is 5.97 Å². The van der Waals surface area contributed by atoms with Gasteiger partial charge < -0.3 is 24.6 Å². The third-order valence-corrected chi connectivity index (χ3v) is 6.58. The molecule has 2 aliphatic heterocycles. The molecule has 2 aliphatic rings. The molecule has 0 bridgehead atoms. The maximum absolute atomic E-state index is 12.9. The maximum Gasteiger partial charge on any atom is 0.338 e. The molecule has 1 spiro atoms. The minimum Gasteiger partial charge on any atom is -0.504 e. The lowest BCUT2D eigenvalue weighted by molar-refractivity contribution is 0.0160. The molecule has 0 radical (unpaired) electrons. The summed E-state index contributed by atoms with van der Waals surface area (Å²) in [7, 11) is 1.45. The third kappa shape index (κ3) is 4.83. The van der Waals surface area contributed by atoms with Crippen LogP contribution in [0.3, 0.4) is 0 Å². The van der Waals surface area contributed by atoms with E-state index in [0.29, 0.717) is 50.6 Å². The van der Waals surface area contributed by atoms with E-state index in [4.69, 9.17) is 19.3 Å². The zero-order valence-electron chi connectivity index (χ0n) is 19.2. The van der Waals surface area contributed by atoms with E-state index in [2.05, 4.69) is 5.32 Å². The number of nitrogens with one attached hydrogen (secondary N) is 1. The van der Waals surface area contributed by atoms with Crippen LogP contribution < -0.4 is 10.1 Å². The van der Waals surface area contributed by atoms with Crippen molar-refractivity contribution >= 4 is 11.9 Å². The fraction of sp³-hybridized carbons (Fsp3) is 0.542. The van der Waals surface area contributed by atoms with Crippen molar-refractivity contribution in [1.29, 1.82) is 0 Å². The number of carbonyl (C=O) groups is 2. The first-order valence-electron chi connectivity index (χ1n) is 11.4. The Balaban J connectivity index is 1.43. The highest BCUT2D eigenvalue weighted by Gasteiger charge is 2.39. The lowest BCUT2D eigenvalue weighted by atomic mass is 9.75. The van der Waals surface area contributed by atoms with E-state index in [9.17, 15) is 14.7 Å². The molecule has 33 heavy (non-hydrogen) atoms. The summed E-state index contributed by atoms with van der Waals surface area (Å²) in [6, 6.07) is 4.40. The number of hydrogen-bond acceptors (Lipinski definition) is 7. The molecule has 3 heterocycles. The van der Waals surface area contributed by atoms with E-state index >= 15 is 0 Å². The molecule has 1 aromatic carbocycles. The van der Waals surface area contributed by atoms with E-state index < -0.39 is 5.97 Å². The SMILES string of the molecule is CCn1nc(CCCOC(=O)c2ccc(OC)c(O)c2)c2c1C(=O)NCC1(CCOCC1)C2. The highest BCUT2D eigenvalue weighted by atomic mass is 16.5. The lowest BCUT2D eigenvalue weighted by Gasteiger charge is -2.36. The minimum atomic E-state index is -0.508. The standard InChI is InChI=1S/C24H31N3O6/c1-3-27-21-17(14-24(15-25-22(21)29)8-11-32-12-9-24)18(26-27)5-4-10-33-23(30)16-6-7-20(31-2)19(28)13-16/h6-7,13,28H,3-5,8-12,14-15H2,1-2H3,(H,25,29). The van der Waals surface area contributed by atoms with Crippen molar-refractivity contribution in [2.24, 2.45) is 5.41 Å². The Morgan fingerprint density at radius 1 is 1.33 bits per heavy atom. The van der Waals surface area contributed by atoms with E-state index in [0.717, 1.165) is 30.5 Å². The van der Waals surface area contributed by atoms with Crippen LogP contribution >= 0.6 is 0 Å². The van der Waals surface area contributed by atoms with Gasteiger partial charge in [-0.25, -0.2) is 4.79 Å². The monoisotopic (exact) mass is 457 g/mol. The van der Waals surface area contributed by atoms with Gasteiger partial charge in [-0.3, -0.25) is 9.48 Å². The molecule has 9 nitrogen and oxygen atoms in total. The summed E-state index contributed by atoms with van der Waals surface area (Å²) in [4.78, 5) is 25.2. The van der Waals surface area contributed by atoms with Crippen LogP contribution in [0.4, 0.5) is 0 Å². The fourth-order valence-corrected chi connectivity index (χ4v) is 4.67. The van der Waals surface area contributed by atoms with Crippen molar-refractivity contribution in [1.82, 2.24) is 15.1 Å². The number of phenols is 1. The maximum atomic E-state index is 12.9. The Labute approximate surface area is 193 Å². The summed E-state index contributed by atoms with van der Waals surface area (Å²) in [5.41, 5.74) is 2.82. The van der Waals surface area contributed by atoms with Crippen LogP contribution in [0, 0.1) is 5.41 Å². The molecule has 9 heteroatoms. The number of phenolic OH excluding ortho intramolecular Hbond substituents is 1. The lowest BCUT2D eigenvalue weighted by Crippen LogP contribution is -2.40. The van der Waals surface area contributed by atoms with Crippen molar-refractivity contribution in [3.05, 3.63) is 40.7 Å². The van der Waals surface area contributed by atoms with E-state index in [1.165, 1.54) is 19.2 Å². The van der Waals surface area contributed by atoms with Crippen LogP contribution in [-0.2, 0) is 28.9 Å². The van der Waals surface area contributed by atoms with Crippen molar-refractivity contribution in [2.75, 3.05) is 33.5 Å². The normalized spacial score (nSPS) is 17.2. The average molecular weight is 458 g/mol. The highest BCUT2D eigenvalue weighted by Crippen LogP contribution is 2.38. The first kappa shape index (κ1) is 23.1. The first-order chi connectivity index (χ1) is 16.0. The molecule has 0 unspecified atom stereocenters. The Morgan fingerprint density at radius 3 is 2.82 bits per heavy atom. The molecule has 1 amide bonds. The molecule has 2 aromatic rings. The molecule has 4 rings (SSSR count). The van der Waals surface area contributed by atoms with Crippen LogP contribution in [-0.4, -0.2) is 60.2 Å². The molecule has 1 fully saturated rings. The van der Waals surface area contributed by atoms with Crippen LogP contribution in [0.5, 0.6) is 11.5 Å². The van der Waals surface area contributed by atoms with Crippen molar-refractivity contribution in [2.45, 2.75) is 45.6 Å². The van der Waals surface area contributed by atoms with Crippen LogP contribution in [0.1, 0.15) is 58.3 Å². The van der Waals surface area contributed by atoms with Crippen molar-refractivity contribution < 1.29 is 28.9 Å². The third-order valence-electron chi connectivity index (χ3n) is 6.58. The van der Waals surface area contributed by atoms with Crippen molar-refractivity contribution in [3.63, 3.8) is 0 Å². The molecule has 0 saturated carbocycles. The molecule has 1 aromatic heterocycles. The Morgan fingerprint density at radius 2 is 2.12 bits per heavy atom. The van der Waals surface area contributed by atoms with Gasteiger partial charge in [0.25, 0.3) is 5.91 Å². The number of amides is 1. The van der Waals surface area contributed by atoms with E-state index in [1.54, 1.807) is 10.7 Å². The summed E-state index contributed by atoms with van der Waals surface area (Å²) >= 11 is 0. The number of methoxy groups -OCH3 is 1. The Kier molecular flexibility index (Phi) is 6.88. The molecule has 178 valence electrons. The van der Waals surface area contributed by atoms with Gasteiger partial charge in [0.05, 0.1) is 25.0 Å². The van der Waals surface area contributed by atoms with Crippen molar-refractivity contribution in [3.8, 4) is 11.5 Å². The van der Waals surface area contributed by atoms with E-state index in [-0.39, 0.29) is 29.2 Å². The number of nitrogens with zero attached hydrogens (tertiary/aromatic N) is 2. The minimum absolute atomic E-state index is 0.00164. The zero-order valence-corrected chi connectivity index (χ0v) is 19.2. The fourth-order valence-electron chi connectivity index (χ4n) is 4.67. The summed E-state index contributed by atoms with van der Waals surface area (Å²) in [5, 5.41) is 17.7. The second kappa shape index (κ2) is 9.82. The smallest absolute Gasteiger partial charge is 0.338 e. The van der Waals surface area contributed by atoms with Gasteiger partial charge in [-0.1, -0.05) is 0 Å². The average Bonchev–Trinajstić information content (AvgIpc) is 3.10.